The number of aryl methyl sites for hydroxylation is 1. The van der Waals surface area contributed by atoms with Crippen LogP contribution in [-0.2, 0) is 16.1 Å². The van der Waals surface area contributed by atoms with E-state index in [1.165, 1.54) is 25.1 Å². The molecule has 8 heteroatoms. The van der Waals surface area contributed by atoms with Gasteiger partial charge in [-0.3, -0.25) is 19.7 Å². The molecule has 0 radical (unpaired) electrons. The summed E-state index contributed by atoms with van der Waals surface area (Å²) in [5, 5.41) is 16.6. The SMILES string of the molecule is CCN(Cc1cccc(NCC(=O)Nc2ccc([N+](=O)[O-])cc2C)c1)C(C)=O. The molecule has 0 aliphatic rings. The maximum Gasteiger partial charge on any atom is 0.269 e. The number of non-ortho nitro benzene ring substituents is 1. The highest BCUT2D eigenvalue weighted by molar-refractivity contribution is 5.94. The second-order valence-electron chi connectivity index (χ2n) is 6.39. The number of rotatable bonds is 8. The van der Waals surface area contributed by atoms with Gasteiger partial charge in [0.1, 0.15) is 0 Å². The van der Waals surface area contributed by atoms with Gasteiger partial charge in [-0.1, -0.05) is 12.1 Å². The van der Waals surface area contributed by atoms with Crippen molar-refractivity contribution in [1.29, 1.82) is 0 Å². The molecule has 0 saturated heterocycles. The third kappa shape index (κ3) is 5.80. The third-order valence-electron chi connectivity index (χ3n) is 4.28. The number of carbonyl (C=O) groups excluding carboxylic acids is 2. The van der Waals surface area contributed by atoms with E-state index < -0.39 is 4.92 Å². The van der Waals surface area contributed by atoms with Gasteiger partial charge >= 0.3 is 0 Å². The summed E-state index contributed by atoms with van der Waals surface area (Å²) in [6.45, 7) is 6.35. The average molecular weight is 384 g/mol. The van der Waals surface area contributed by atoms with Crippen LogP contribution in [0.2, 0.25) is 0 Å². The minimum absolute atomic E-state index is 0.0127. The van der Waals surface area contributed by atoms with Crippen molar-refractivity contribution in [2.75, 3.05) is 23.7 Å². The van der Waals surface area contributed by atoms with E-state index in [1.807, 2.05) is 31.2 Å². The number of benzene rings is 2. The van der Waals surface area contributed by atoms with Crippen LogP contribution in [0.3, 0.4) is 0 Å². The molecule has 0 saturated carbocycles. The van der Waals surface area contributed by atoms with Crippen LogP contribution in [0.5, 0.6) is 0 Å². The maximum atomic E-state index is 12.2. The lowest BCUT2D eigenvalue weighted by Gasteiger charge is -2.19. The van der Waals surface area contributed by atoms with E-state index in [4.69, 9.17) is 0 Å². The third-order valence-corrected chi connectivity index (χ3v) is 4.28. The number of nitrogens with zero attached hydrogens (tertiary/aromatic N) is 2. The molecule has 0 aliphatic carbocycles. The monoisotopic (exact) mass is 384 g/mol. The Balaban J connectivity index is 1.95. The lowest BCUT2D eigenvalue weighted by Crippen LogP contribution is -2.27. The molecule has 0 aliphatic heterocycles. The number of nitro benzene ring substituents is 1. The number of nitro groups is 1. The Bertz CT molecular complexity index is 882. The molecule has 2 amide bonds. The molecular weight excluding hydrogens is 360 g/mol. The number of carbonyl (C=O) groups is 2. The van der Waals surface area contributed by atoms with Crippen LogP contribution < -0.4 is 10.6 Å². The molecule has 0 spiro atoms. The number of anilines is 2. The van der Waals surface area contributed by atoms with E-state index in [-0.39, 0.29) is 24.0 Å². The Kier molecular flexibility index (Phi) is 7.08. The van der Waals surface area contributed by atoms with Crippen molar-refractivity contribution in [1.82, 2.24) is 4.90 Å². The lowest BCUT2D eigenvalue weighted by molar-refractivity contribution is -0.384. The summed E-state index contributed by atoms with van der Waals surface area (Å²) in [7, 11) is 0. The normalized spacial score (nSPS) is 10.2. The number of nitrogens with one attached hydrogen (secondary N) is 2. The maximum absolute atomic E-state index is 12.2. The van der Waals surface area contributed by atoms with Crippen LogP contribution in [0.25, 0.3) is 0 Å². The topological polar surface area (TPSA) is 105 Å². The molecule has 0 aromatic heterocycles. The first-order valence-corrected chi connectivity index (χ1v) is 8.93. The molecule has 0 heterocycles. The molecule has 2 aromatic rings. The van der Waals surface area contributed by atoms with Gasteiger partial charge in [0, 0.05) is 43.5 Å². The van der Waals surface area contributed by atoms with Gasteiger partial charge in [0.2, 0.25) is 11.8 Å². The minimum atomic E-state index is -0.473. The van der Waals surface area contributed by atoms with Crippen molar-refractivity contribution in [3.8, 4) is 0 Å². The van der Waals surface area contributed by atoms with E-state index in [9.17, 15) is 19.7 Å². The fraction of sp³-hybridized carbons (Fsp3) is 0.300. The highest BCUT2D eigenvalue weighted by Gasteiger charge is 2.11. The van der Waals surface area contributed by atoms with E-state index in [1.54, 1.807) is 11.8 Å². The van der Waals surface area contributed by atoms with Crippen LogP contribution in [0, 0.1) is 17.0 Å². The van der Waals surface area contributed by atoms with Crippen molar-refractivity contribution in [2.45, 2.75) is 27.3 Å². The van der Waals surface area contributed by atoms with Gasteiger partial charge < -0.3 is 15.5 Å². The summed E-state index contributed by atoms with van der Waals surface area (Å²) in [5.41, 5.74) is 2.87. The summed E-state index contributed by atoms with van der Waals surface area (Å²) >= 11 is 0. The van der Waals surface area contributed by atoms with Crippen LogP contribution >= 0.6 is 0 Å². The highest BCUT2D eigenvalue weighted by atomic mass is 16.6. The van der Waals surface area contributed by atoms with Gasteiger partial charge in [-0.15, -0.1) is 0 Å². The zero-order valence-electron chi connectivity index (χ0n) is 16.2. The minimum Gasteiger partial charge on any atom is -0.376 e. The van der Waals surface area contributed by atoms with Crippen molar-refractivity contribution >= 4 is 28.9 Å². The predicted molar refractivity (Wildman–Crippen MR) is 108 cm³/mol. The first-order chi connectivity index (χ1) is 13.3. The average Bonchev–Trinajstić information content (AvgIpc) is 2.66. The molecule has 8 nitrogen and oxygen atoms in total. The van der Waals surface area contributed by atoms with E-state index >= 15 is 0 Å². The van der Waals surface area contributed by atoms with Gasteiger partial charge in [0.15, 0.2) is 0 Å². The molecule has 2 N–H and O–H groups in total. The summed E-state index contributed by atoms with van der Waals surface area (Å²) < 4.78 is 0. The Hall–Kier alpha value is -3.42. The zero-order chi connectivity index (χ0) is 20.7. The molecule has 0 atom stereocenters. The first kappa shape index (κ1) is 20.9. The molecule has 0 fully saturated rings. The Labute approximate surface area is 163 Å². The smallest absolute Gasteiger partial charge is 0.269 e. The fourth-order valence-electron chi connectivity index (χ4n) is 2.72. The number of hydrogen-bond donors (Lipinski definition) is 2. The highest BCUT2D eigenvalue weighted by Crippen LogP contribution is 2.21. The second-order valence-corrected chi connectivity index (χ2v) is 6.39. The van der Waals surface area contributed by atoms with E-state index in [0.29, 0.717) is 24.3 Å². The van der Waals surface area contributed by atoms with Crippen LogP contribution in [0.15, 0.2) is 42.5 Å². The largest absolute Gasteiger partial charge is 0.376 e. The van der Waals surface area contributed by atoms with Gasteiger partial charge in [-0.05, 0) is 43.2 Å². The van der Waals surface area contributed by atoms with E-state index in [0.717, 1.165) is 11.3 Å². The standard InChI is InChI=1S/C20H24N4O4/c1-4-23(15(3)25)13-16-6-5-7-17(11-16)21-12-20(26)22-19-9-8-18(24(27)28)10-14(19)2/h5-11,21H,4,12-13H2,1-3H3,(H,22,26). The Morgan fingerprint density at radius 1 is 1.18 bits per heavy atom. The second kappa shape index (κ2) is 9.50. The van der Waals surface area contributed by atoms with Crippen molar-refractivity contribution < 1.29 is 14.5 Å². The fourth-order valence-corrected chi connectivity index (χ4v) is 2.72. The predicted octanol–water partition coefficient (Wildman–Crippen LogP) is 3.32. The zero-order valence-corrected chi connectivity index (χ0v) is 16.2. The summed E-state index contributed by atoms with van der Waals surface area (Å²) in [4.78, 5) is 35.8. The van der Waals surface area contributed by atoms with Crippen LogP contribution in [0.1, 0.15) is 25.0 Å². The van der Waals surface area contributed by atoms with Crippen LogP contribution in [0.4, 0.5) is 17.1 Å². The Morgan fingerprint density at radius 3 is 2.54 bits per heavy atom. The van der Waals surface area contributed by atoms with Crippen molar-refractivity contribution in [3.63, 3.8) is 0 Å². The van der Waals surface area contributed by atoms with Crippen molar-refractivity contribution in [3.05, 3.63) is 63.7 Å². The molecule has 28 heavy (non-hydrogen) atoms. The molecule has 0 bridgehead atoms. The first-order valence-electron chi connectivity index (χ1n) is 8.93. The van der Waals surface area contributed by atoms with Crippen LogP contribution in [-0.4, -0.2) is 34.7 Å². The van der Waals surface area contributed by atoms with Gasteiger partial charge in [0.05, 0.1) is 11.5 Å². The van der Waals surface area contributed by atoms with Gasteiger partial charge in [-0.2, -0.15) is 0 Å². The number of hydrogen-bond acceptors (Lipinski definition) is 5. The molecule has 2 aromatic carbocycles. The molecule has 148 valence electrons. The lowest BCUT2D eigenvalue weighted by atomic mass is 10.1. The summed E-state index contributed by atoms with van der Waals surface area (Å²) in [5.74, 6) is -0.250. The summed E-state index contributed by atoms with van der Waals surface area (Å²) in [6.07, 6.45) is 0. The molecule has 0 unspecified atom stereocenters. The van der Waals surface area contributed by atoms with Gasteiger partial charge in [-0.25, -0.2) is 0 Å². The molecule has 2 rings (SSSR count). The Morgan fingerprint density at radius 2 is 1.93 bits per heavy atom. The quantitative estimate of drug-likeness (QED) is 0.537. The number of amides is 2. The molecular formula is C20H24N4O4. The van der Waals surface area contributed by atoms with E-state index in [2.05, 4.69) is 10.6 Å². The van der Waals surface area contributed by atoms with Crippen molar-refractivity contribution in [2.24, 2.45) is 0 Å². The summed E-state index contributed by atoms with van der Waals surface area (Å²) in [6, 6.07) is 11.8. The van der Waals surface area contributed by atoms with Gasteiger partial charge in [0.25, 0.3) is 5.69 Å².